The molecule has 0 aliphatic rings. The van der Waals surface area contributed by atoms with E-state index in [1.54, 1.807) is 18.3 Å². The van der Waals surface area contributed by atoms with Gasteiger partial charge in [-0.25, -0.2) is 9.37 Å². The van der Waals surface area contributed by atoms with E-state index in [0.29, 0.717) is 22.2 Å². The Morgan fingerprint density at radius 3 is 2.71 bits per heavy atom. The third-order valence-corrected chi connectivity index (χ3v) is 2.66. The molecule has 1 aromatic heterocycles. The van der Waals surface area contributed by atoms with Crippen molar-refractivity contribution in [1.82, 2.24) is 4.98 Å². The van der Waals surface area contributed by atoms with Crippen LogP contribution in [0.4, 0.5) is 21.6 Å². The maximum atomic E-state index is 13.1. The molecule has 2 rings (SSSR count). The van der Waals surface area contributed by atoms with Gasteiger partial charge in [0.1, 0.15) is 5.82 Å². The predicted molar refractivity (Wildman–Crippen MR) is 71.0 cm³/mol. The van der Waals surface area contributed by atoms with Crippen molar-refractivity contribution in [1.29, 1.82) is 0 Å². The van der Waals surface area contributed by atoms with E-state index in [1.807, 2.05) is 0 Å². The number of nitrogens with one attached hydrogen (secondary N) is 1. The molecule has 0 fully saturated rings. The predicted octanol–water partition coefficient (Wildman–Crippen LogP) is 3.96. The van der Waals surface area contributed by atoms with Crippen LogP contribution < -0.4 is 11.1 Å². The van der Waals surface area contributed by atoms with Gasteiger partial charge in [0.25, 0.3) is 0 Å². The van der Waals surface area contributed by atoms with Crippen LogP contribution in [-0.4, -0.2) is 4.98 Å². The number of halogens is 3. The molecular formula is C11H8BrClFN3. The number of pyridine rings is 1. The van der Waals surface area contributed by atoms with Gasteiger partial charge in [0.15, 0.2) is 5.82 Å². The highest BCUT2D eigenvalue weighted by atomic mass is 79.9. The number of hydrogen-bond donors (Lipinski definition) is 2. The third-order valence-electron chi connectivity index (χ3n) is 2.01. The average molecular weight is 317 g/mol. The molecule has 88 valence electrons. The van der Waals surface area contributed by atoms with Crippen LogP contribution in [0, 0.1) is 5.82 Å². The zero-order valence-electron chi connectivity index (χ0n) is 8.55. The Bertz CT molecular complexity index is 542. The highest BCUT2D eigenvalue weighted by Gasteiger charge is 2.04. The Balaban J connectivity index is 2.31. The number of benzene rings is 1. The Labute approximate surface area is 111 Å². The second kappa shape index (κ2) is 4.89. The molecule has 1 heterocycles. The first-order valence-corrected chi connectivity index (χ1v) is 5.86. The molecule has 0 saturated heterocycles. The van der Waals surface area contributed by atoms with Crippen LogP contribution in [0.5, 0.6) is 0 Å². The lowest BCUT2D eigenvalue weighted by Gasteiger charge is -2.08. The molecule has 0 aliphatic heterocycles. The summed E-state index contributed by atoms with van der Waals surface area (Å²) in [6.07, 6.45) is 1.60. The number of anilines is 3. The Morgan fingerprint density at radius 2 is 2.06 bits per heavy atom. The van der Waals surface area contributed by atoms with Crippen molar-refractivity contribution in [3.05, 3.63) is 45.8 Å². The molecule has 0 spiro atoms. The van der Waals surface area contributed by atoms with Gasteiger partial charge in [-0.3, -0.25) is 0 Å². The summed E-state index contributed by atoms with van der Waals surface area (Å²) in [7, 11) is 0. The molecule has 0 radical (unpaired) electrons. The van der Waals surface area contributed by atoms with Crippen LogP contribution in [0.15, 0.2) is 34.9 Å². The molecule has 0 atom stereocenters. The fourth-order valence-corrected chi connectivity index (χ4v) is 1.89. The zero-order chi connectivity index (χ0) is 12.4. The summed E-state index contributed by atoms with van der Waals surface area (Å²) >= 11 is 9.00. The molecule has 2 aromatic rings. The fourth-order valence-electron chi connectivity index (χ4n) is 1.32. The van der Waals surface area contributed by atoms with Gasteiger partial charge in [0.05, 0.1) is 5.69 Å². The fraction of sp³-hybridized carbons (Fsp3) is 0. The van der Waals surface area contributed by atoms with Gasteiger partial charge in [0, 0.05) is 21.4 Å². The number of nitrogen functional groups attached to an aromatic ring is 1. The molecule has 17 heavy (non-hydrogen) atoms. The first-order valence-electron chi connectivity index (χ1n) is 4.69. The van der Waals surface area contributed by atoms with E-state index in [9.17, 15) is 4.39 Å². The second-order valence-corrected chi connectivity index (χ2v) is 4.73. The van der Waals surface area contributed by atoms with Gasteiger partial charge in [-0.15, -0.1) is 0 Å². The molecule has 3 nitrogen and oxygen atoms in total. The van der Waals surface area contributed by atoms with Gasteiger partial charge in [-0.05, 0) is 40.2 Å². The molecule has 0 bridgehead atoms. The largest absolute Gasteiger partial charge is 0.396 e. The standard InChI is InChI=1S/C11H8BrClFN3/c12-6-1-10(15)11(16-5-6)17-9-3-7(13)2-8(14)4-9/h1-5H,15H2,(H,16,17). The van der Waals surface area contributed by atoms with Crippen molar-refractivity contribution in [2.45, 2.75) is 0 Å². The topological polar surface area (TPSA) is 50.9 Å². The van der Waals surface area contributed by atoms with Crippen LogP contribution in [-0.2, 0) is 0 Å². The van der Waals surface area contributed by atoms with Crippen LogP contribution >= 0.6 is 27.5 Å². The minimum atomic E-state index is -0.421. The molecule has 1 aromatic carbocycles. The zero-order valence-corrected chi connectivity index (χ0v) is 10.9. The third kappa shape index (κ3) is 3.08. The molecule has 0 saturated carbocycles. The summed E-state index contributed by atoms with van der Waals surface area (Å²) in [5, 5.41) is 3.21. The van der Waals surface area contributed by atoms with Crippen molar-refractivity contribution in [2.24, 2.45) is 0 Å². The van der Waals surface area contributed by atoms with E-state index < -0.39 is 5.82 Å². The molecule has 0 aliphatic carbocycles. The van der Waals surface area contributed by atoms with Crippen LogP contribution in [0.1, 0.15) is 0 Å². The summed E-state index contributed by atoms with van der Waals surface area (Å²) < 4.78 is 13.9. The first-order chi connectivity index (χ1) is 8.04. The molecule has 3 N–H and O–H groups in total. The van der Waals surface area contributed by atoms with E-state index in [0.717, 1.165) is 4.47 Å². The maximum Gasteiger partial charge on any atom is 0.153 e. The lowest BCUT2D eigenvalue weighted by atomic mass is 10.3. The summed E-state index contributed by atoms with van der Waals surface area (Å²) in [6.45, 7) is 0. The van der Waals surface area contributed by atoms with E-state index in [-0.39, 0.29) is 0 Å². The smallest absolute Gasteiger partial charge is 0.153 e. The Hall–Kier alpha value is -1.33. The minimum Gasteiger partial charge on any atom is -0.396 e. The van der Waals surface area contributed by atoms with E-state index in [4.69, 9.17) is 17.3 Å². The Kier molecular flexibility index (Phi) is 3.49. The number of nitrogens with two attached hydrogens (primary N) is 1. The minimum absolute atomic E-state index is 0.309. The SMILES string of the molecule is Nc1cc(Br)cnc1Nc1cc(F)cc(Cl)c1. The van der Waals surface area contributed by atoms with Gasteiger partial charge >= 0.3 is 0 Å². The van der Waals surface area contributed by atoms with Gasteiger partial charge in [-0.2, -0.15) is 0 Å². The summed E-state index contributed by atoms with van der Waals surface area (Å²) in [5.74, 6) is 0.0329. The van der Waals surface area contributed by atoms with Crippen LogP contribution in [0.25, 0.3) is 0 Å². The van der Waals surface area contributed by atoms with E-state index in [2.05, 4.69) is 26.2 Å². The highest BCUT2D eigenvalue weighted by Crippen LogP contribution is 2.25. The highest BCUT2D eigenvalue weighted by molar-refractivity contribution is 9.10. The summed E-state index contributed by atoms with van der Waals surface area (Å²) in [5.41, 5.74) is 6.72. The van der Waals surface area contributed by atoms with Crippen molar-refractivity contribution in [3.8, 4) is 0 Å². The van der Waals surface area contributed by atoms with Crippen molar-refractivity contribution in [2.75, 3.05) is 11.1 Å². The number of nitrogens with zero attached hydrogens (tertiary/aromatic N) is 1. The molecular weight excluding hydrogens is 308 g/mol. The van der Waals surface area contributed by atoms with E-state index in [1.165, 1.54) is 12.1 Å². The monoisotopic (exact) mass is 315 g/mol. The quantitative estimate of drug-likeness (QED) is 0.881. The number of rotatable bonds is 2. The molecule has 0 unspecified atom stereocenters. The summed E-state index contributed by atoms with van der Waals surface area (Å²) in [4.78, 5) is 4.08. The molecule has 0 amide bonds. The van der Waals surface area contributed by atoms with Crippen molar-refractivity contribution in [3.63, 3.8) is 0 Å². The van der Waals surface area contributed by atoms with Crippen LogP contribution in [0.3, 0.4) is 0 Å². The van der Waals surface area contributed by atoms with Crippen LogP contribution in [0.2, 0.25) is 5.02 Å². The second-order valence-electron chi connectivity index (χ2n) is 3.37. The van der Waals surface area contributed by atoms with Gasteiger partial charge < -0.3 is 11.1 Å². The maximum absolute atomic E-state index is 13.1. The average Bonchev–Trinajstić information content (AvgIpc) is 2.21. The number of aromatic nitrogens is 1. The summed E-state index contributed by atoms with van der Waals surface area (Å²) in [6, 6.07) is 5.84. The van der Waals surface area contributed by atoms with Gasteiger partial charge in [-0.1, -0.05) is 11.6 Å². The molecule has 6 heteroatoms. The van der Waals surface area contributed by atoms with Gasteiger partial charge in [0.2, 0.25) is 0 Å². The Morgan fingerprint density at radius 1 is 1.29 bits per heavy atom. The lowest BCUT2D eigenvalue weighted by molar-refractivity contribution is 0.628. The number of hydrogen-bond acceptors (Lipinski definition) is 3. The first kappa shape index (κ1) is 12.1. The normalized spacial score (nSPS) is 10.3. The van der Waals surface area contributed by atoms with Crippen molar-refractivity contribution < 1.29 is 4.39 Å². The van der Waals surface area contributed by atoms with Crippen molar-refractivity contribution >= 4 is 44.7 Å². The lowest BCUT2D eigenvalue weighted by Crippen LogP contribution is -1.99. The van der Waals surface area contributed by atoms with E-state index >= 15 is 0 Å².